The summed E-state index contributed by atoms with van der Waals surface area (Å²) in [7, 11) is 0. The minimum Gasteiger partial charge on any atom is -0.479 e. The SMILES string of the molecule is N#CCOc1ccc(C(=O)/C=C/c2ccc(-c3ccc(Cl)cc3[N+](=O)[O-])o2)cc1. The first kappa shape index (κ1) is 19.9. The summed E-state index contributed by atoms with van der Waals surface area (Å²) in [6.07, 6.45) is 2.82. The van der Waals surface area contributed by atoms with Crippen molar-refractivity contribution in [3.63, 3.8) is 0 Å². The number of nitrogens with zero attached hydrogens (tertiary/aromatic N) is 2. The van der Waals surface area contributed by atoms with Crippen LogP contribution in [-0.2, 0) is 0 Å². The lowest BCUT2D eigenvalue weighted by atomic mass is 10.1. The lowest BCUT2D eigenvalue weighted by molar-refractivity contribution is -0.384. The van der Waals surface area contributed by atoms with E-state index < -0.39 is 4.92 Å². The maximum atomic E-state index is 12.3. The minimum atomic E-state index is -0.535. The van der Waals surface area contributed by atoms with Crippen molar-refractivity contribution in [1.82, 2.24) is 0 Å². The van der Waals surface area contributed by atoms with Crippen LogP contribution in [0.5, 0.6) is 5.75 Å². The lowest BCUT2D eigenvalue weighted by Crippen LogP contribution is -1.96. The Morgan fingerprint density at radius 1 is 1.21 bits per heavy atom. The van der Waals surface area contributed by atoms with E-state index in [2.05, 4.69) is 0 Å². The van der Waals surface area contributed by atoms with Gasteiger partial charge in [-0.15, -0.1) is 0 Å². The van der Waals surface area contributed by atoms with Crippen LogP contribution < -0.4 is 4.74 Å². The maximum Gasteiger partial charge on any atom is 0.281 e. The summed E-state index contributed by atoms with van der Waals surface area (Å²) in [6.45, 7) is -0.0696. The van der Waals surface area contributed by atoms with Crippen molar-refractivity contribution in [2.45, 2.75) is 0 Å². The number of benzene rings is 2. The molecule has 8 heteroatoms. The van der Waals surface area contributed by atoms with Crippen LogP contribution in [0.15, 0.2) is 65.1 Å². The molecule has 0 saturated heterocycles. The van der Waals surface area contributed by atoms with Gasteiger partial charge in [0.15, 0.2) is 12.4 Å². The molecule has 0 bridgehead atoms. The smallest absolute Gasteiger partial charge is 0.281 e. The summed E-state index contributed by atoms with van der Waals surface area (Å²) in [6, 6.07) is 15.7. The highest BCUT2D eigenvalue weighted by molar-refractivity contribution is 6.30. The Hall–Kier alpha value is -3.89. The van der Waals surface area contributed by atoms with Crippen molar-refractivity contribution in [1.29, 1.82) is 5.26 Å². The van der Waals surface area contributed by atoms with E-state index in [-0.39, 0.29) is 23.1 Å². The molecule has 144 valence electrons. The van der Waals surface area contributed by atoms with Gasteiger partial charge in [0.1, 0.15) is 23.3 Å². The van der Waals surface area contributed by atoms with Gasteiger partial charge in [-0.25, -0.2) is 0 Å². The van der Waals surface area contributed by atoms with E-state index in [0.717, 1.165) is 0 Å². The highest BCUT2D eigenvalue weighted by Crippen LogP contribution is 2.33. The van der Waals surface area contributed by atoms with Gasteiger partial charge >= 0.3 is 0 Å². The number of carbonyl (C=O) groups excluding carboxylic acids is 1. The Labute approximate surface area is 170 Å². The molecule has 0 aliphatic carbocycles. The monoisotopic (exact) mass is 408 g/mol. The van der Waals surface area contributed by atoms with Crippen molar-refractivity contribution in [2.75, 3.05) is 6.61 Å². The number of ketones is 1. The Bertz CT molecular complexity index is 1130. The number of hydrogen-bond acceptors (Lipinski definition) is 6. The van der Waals surface area contributed by atoms with Crippen molar-refractivity contribution < 1.29 is 18.9 Å². The van der Waals surface area contributed by atoms with E-state index in [1.165, 1.54) is 30.4 Å². The zero-order valence-corrected chi connectivity index (χ0v) is 15.6. The number of carbonyl (C=O) groups is 1. The fourth-order valence-corrected chi connectivity index (χ4v) is 2.70. The first-order valence-electron chi connectivity index (χ1n) is 8.34. The molecule has 0 aliphatic heterocycles. The molecule has 0 saturated carbocycles. The highest BCUT2D eigenvalue weighted by Gasteiger charge is 2.18. The van der Waals surface area contributed by atoms with Gasteiger partial charge in [-0.1, -0.05) is 11.6 Å². The fraction of sp³-hybridized carbons (Fsp3) is 0.0476. The van der Waals surface area contributed by atoms with Crippen LogP contribution >= 0.6 is 11.6 Å². The number of furan rings is 1. The normalized spacial score (nSPS) is 10.6. The highest BCUT2D eigenvalue weighted by atomic mass is 35.5. The van der Waals surface area contributed by atoms with Crippen molar-refractivity contribution >= 4 is 29.1 Å². The fourth-order valence-electron chi connectivity index (χ4n) is 2.54. The Kier molecular flexibility index (Phi) is 6.07. The third-order valence-corrected chi connectivity index (χ3v) is 4.13. The van der Waals surface area contributed by atoms with E-state index in [1.54, 1.807) is 36.4 Å². The molecule has 0 spiro atoms. The van der Waals surface area contributed by atoms with Crippen LogP contribution in [0.1, 0.15) is 16.1 Å². The summed E-state index contributed by atoms with van der Waals surface area (Å²) in [5, 5.41) is 20.0. The number of nitriles is 1. The first-order chi connectivity index (χ1) is 14.0. The minimum absolute atomic E-state index is 0.0696. The average molecular weight is 409 g/mol. The molecule has 1 aromatic heterocycles. The molecule has 0 radical (unpaired) electrons. The number of halogens is 1. The first-order valence-corrected chi connectivity index (χ1v) is 8.72. The lowest BCUT2D eigenvalue weighted by Gasteiger charge is -2.01. The van der Waals surface area contributed by atoms with Gasteiger partial charge in [0, 0.05) is 16.7 Å². The molecule has 3 rings (SSSR count). The molecule has 0 atom stereocenters. The molecule has 0 amide bonds. The number of nitro groups is 1. The summed E-state index contributed by atoms with van der Waals surface area (Å²) in [5.74, 6) is 0.894. The van der Waals surface area contributed by atoms with Crippen molar-refractivity contribution in [3.8, 4) is 23.1 Å². The molecule has 3 aromatic rings. The van der Waals surface area contributed by atoms with Crippen LogP contribution in [0.25, 0.3) is 17.4 Å². The third kappa shape index (κ3) is 4.89. The van der Waals surface area contributed by atoms with Gasteiger partial charge in [-0.2, -0.15) is 5.26 Å². The van der Waals surface area contributed by atoms with Gasteiger partial charge in [0.2, 0.25) is 0 Å². The van der Waals surface area contributed by atoms with Gasteiger partial charge in [0.05, 0.1) is 10.5 Å². The maximum absolute atomic E-state index is 12.3. The molecule has 0 aliphatic rings. The number of ether oxygens (including phenoxy) is 1. The molecule has 0 unspecified atom stereocenters. The summed E-state index contributed by atoms with van der Waals surface area (Å²) >= 11 is 5.83. The molecule has 0 fully saturated rings. The average Bonchev–Trinajstić information content (AvgIpc) is 3.19. The zero-order chi connectivity index (χ0) is 20.8. The topological polar surface area (TPSA) is 106 Å². The van der Waals surface area contributed by atoms with Crippen LogP contribution in [0.3, 0.4) is 0 Å². The molecule has 29 heavy (non-hydrogen) atoms. The van der Waals surface area contributed by atoms with Gasteiger partial charge in [-0.3, -0.25) is 14.9 Å². The number of allylic oxidation sites excluding steroid dienone is 1. The second-order valence-corrected chi connectivity index (χ2v) is 6.23. The van der Waals surface area contributed by atoms with Crippen LogP contribution in [0, 0.1) is 21.4 Å². The summed E-state index contributed by atoms with van der Waals surface area (Å²) in [4.78, 5) is 23.0. The van der Waals surface area contributed by atoms with E-state index in [1.807, 2.05) is 6.07 Å². The van der Waals surface area contributed by atoms with E-state index >= 15 is 0 Å². The number of hydrogen-bond donors (Lipinski definition) is 0. The van der Waals surface area contributed by atoms with Gasteiger partial charge in [-0.05, 0) is 60.7 Å². The number of nitro benzene ring substituents is 1. The van der Waals surface area contributed by atoms with Crippen LogP contribution in [0.2, 0.25) is 5.02 Å². The standard InChI is InChI=1S/C21H13ClN2O5/c22-15-3-8-18(19(13-15)24(26)27)21-10-7-17(29-21)6-9-20(25)14-1-4-16(5-2-14)28-12-11-23/h1-10,13H,12H2/b9-6+. The molecule has 2 aromatic carbocycles. The molecule has 1 heterocycles. The van der Waals surface area contributed by atoms with Gasteiger partial charge in [0.25, 0.3) is 5.69 Å². The van der Waals surface area contributed by atoms with Crippen LogP contribution in [0.4, 0.5) is 5.69 Å². The van der Waals surface area contributed by atoms with Crippen molar-refractivity contribution in [3.05, 3.63) is 87.1 Å². The van der Waals surface area contributed by atoms with E-state index in [0.29, 0.717) is 28.4 Å². The van der Waals surface area contributed by atoms with E-state index in [9.17, 15) is 14.9 Å². The summed E-state index contributed by atoms with van der Waals surface area (Å²) in [5.41, 5.74) is 0.557. The largest absolute Gasteiger partial charge is 0.479 e. The van der Waals surface area contributed by atoms with Crippen LogP contribution in [-0.4, -0.2) is 17.3 Å². The second-order valence-electron chi connectivity index (χ2n) is 5.79. The third-order valence-electron chi connectivity index (χ3n) is 3.89. The predicted molar refractivity (Wildman–Crippen MR) is 107 cm³/mol. The second kappa shape index (κ2) is 8.87. The zero-order valence-electron chi connectivity index (χ0n) is 14.9. The number of rotatable bonds is 7. The van der Waals surface area contributed by atoms with Crippen molar-refractivity contribution in [2.24, 2.45) is 0 Å². The summed E-state index contributed by atoms with van der Waals surface area (Å²) < 4.78 is 10.7. The molecule has 7 nitrogen and oxygen atoms in total. The Balaban J connectivity index is 1.75. The van der Waals surface area contributed by atoms with Gasteiger partial charge < -0.3 is 9.15 Å². The Morgan fingerprint density at radius 2 is 1.97 bits per heavy atom. The predicted octanol–water partition coefficient (Wildman–Crippen LogP) is 5.31. The molecular formula is C21H13ClN2O5. The Morgan fingerprint density at radius 3 is 2.66 bits per heavy atom. The quantitative estimate of drug-likeness (QED) is 0.227. The molecular weight excluding hydrogens is 396 g/mol. The van der Waals surface area contributed by atoms with E-state index in [4.69, 9.17) is 26.0 Å². The molecule has 0 N–H and O–H groups in total.